The normalized spacial score (nSPS) is 38.5. The number of benzene rings is 1. The molecule has 0 N–H and O–H groups in total. The van der Waals surface area contributed by atoms with Gasteiger partial charge in [0, 0.05) is 18.7 Å². The van der Waals surface area contributed by atoms with Crippen LogP contribution in [0.4, 0.5) is 0 Å². The molecule has 0 unspecified atom stereocenters. The van der Waals surface area contributed by atoms with E-state index in [0.29, 0.717) is 5.41 Å². The average Bonchev–Trinajstić information content (AvgIpc) is 2.61. The van der Waals surface area contributed by atoms with Crippen LogP contribution in [0.15, 0.2) is 30.3 Å². The zero-order valence-electron chi connectivity index (χ0n) is 14.6. The van der Waals surface area contributed by atoms with Gasteiger partial charge in [-0.05, 0) is 92.6 Å². The smallest absolute Gasteiger partial charge is 0.253 e. The highest BCUT2D eigenvalue weighted by molar-refractivity contribution is 5.94. The lowest BCUT2D eigenvalue weighted by Crippen LogP contribution is -2.52. The fourth-order valence-corrected chi connectivity index (χ4v) is 7.14. The van der Waals surface area contributed by atoms with Crippen molar-refractivity contribution in [3.05, 3.63) is 35.9 Å². The lowest BCUT2D eigenvalue weighted by Gasteiger charge is -2.60. The van der Waals surface area contributed by atoms with Gasteiger partial charge in [0.05, 0.1) is 0 Å². The Morgan fingerprint density at radius 1 is 0.875 bits per heavy atom. The molecule has 1 heterocycles. The van der Waals surface area contributed by atoms with E-state index in [0.717, 1.165) is 42.3 Å². The van der Waals surface area contributed by atoms with Crippen LogP contribution in [0, 0.1) is 29.1 Å². The maximum absolute atomic E-state index is 12.7. The van der Waals surface area contributed by atoms with Crippen molar-refractivity contribution in [1.82, 2.24) is 4.90 Å². The SMILES string of the molecule is O=C(c1ccccc1)N1CCC(C23CC4CC(CC(C4)C2)C3)CC1. The van der Waals surface area contributed by atoms with Crippen molar-refractivity contribution in [2.45, 2.75) is 51.4 Å². The Kier molecular flexibility index (Phi) is 3.50. The molecule has 1 saturated heterocycles. The van der Waals surface area contributed by atoms with Gasteiger partial charge >= 0.3 is 0 Å². The first-order chi connectivity index (χ1) is 11.7. The van der Waals surface area contributed by atoms with E-state index in [-0.39, 0.29) is 5.91 Å². The van der Waals surface area contributed by atoms with Gasteiger partial charge in [-0.1, -0.05) is 18.2 Å². The van der Waals surface area contributed by atoms with E-state index in [1.807, 2.05) is 30.3 Å². The molecule has 2 nitrogen and oxygen atoms in total. The average molecular weight is 323 g/mol. The van der Waals surface area contributed by atoms with Crippen LogP contribution in [0.1, 0.15) is 61.7 Å². The Morgan fingerprint density at radius 3 is 1.96 bits per heavy atom. The molecule has 4 saturated carbocycles. The number of amides is 1. The number of nitrogens with zero attached hydrogens (tertiary/aromatic N) is 1. The molecular weight excluding hydrogens is 294 g/mol. The second-order valence-electron chi connectivity index (χ2n) is 9.21. The van der Waals surface area contributed by atoms with Crippen LogP contribution in [0.5, 0.6) is 0 Å². The fraction of sp³-hybridized carbons (Fsp3) is 0.682. The van der Waals surface area contributed by atoms with Crippen LogP contribution in [-0.2, 0) is 0 Å². The van der Waals surface area contributed by atoms with Gasteiger partial charge in [-0.25, -0.2) is 0 Å². The Bertz CT molecular complexity index is 579. The standard InChI is InChI=1S/C22H29NO/c24-21(19-4-2-1-3-5-19)23-8-6-20(7-9-23)22-13-16-10-17(14-22)12-18(11-16)15-22/h1-5,16-18,20H,6-15H2. The summed E-state index contributed by atoms with van der Waals surface area (Å²) in [4.78, 5) is 14.8. The Balaban J connectivity index is 1.27. The van der Waals surface area contributed by atoms with Crippen LogP contribution in [-0.4, -0.2) is 23.9 Å². The third kappa shape index (κ3) is 2.41. The Labute approximate surface area is 145 Å². The molecule has 1 aliphatic heterocycles. The largest absolute Gasteiger partial charge is 0.339 e. The van der Waals surface area contributed by atoms with Crippen molar-refractivity contribution in [2.75, 3.05) is 13.1 Å². The van der Waals surface area contributed by atoms with Gasteiger partial charge in [0.1, 0.15) is 0 Å². The van der Waals surface area contributed by atoms with Crippen molar-refractivity contribution in [3.63, 3.8) is 0 Å². The van der Waals surface area contributed by atoms with Crippen molar-refractivity contribution < 1.29 is 4.79 Å². The summed E-state index contributed by atoms with van der Waals surface area (Å²) in [5.41, 5.74) is 1.52. The van der Waals surface area contributed by atoms with E-state index in [1.54, 1.807) is 0 Å². The van der Waals surface area contributed by atoms with Gasteiger partial charge in [-0.2, -0.15) is 0 Å². The minimum Gasteiger partial charge on any atom is -0.339 e. The summed E-state index contributed by atoms with van der Waals surface area (Å²) >= 11 is 0. The van der Waals surface area contributed by atoms with Gasteiger partial charge < -0.3 is 4.90 Å². The van der Waals surface area contributed by atoms with Crippen LogP contribution in [0.2, 0.25) is 0 Å². The molecule has 0 spiro atoms. The topological polar surface area (TPSA) is 20.3 Å². The molecule has 128 valence electrons. The summed E-state index contributed by atoms with van der Waals surface area (Å²) in [5, 5.41) is 0. The lowest BCUT2D eigenvalue weighted by atomic mass is 9.45. The van der Waals surface area contributed by atoms with E-state index in [9.17, 15) is 4.79 Å². The number of hydrogen-bond acceptors (Lipinski definition) is 1. The Hall–Kier alpha value is -1.31. The van der Waals surface area contributed by atoms with Gasteiger partial charge in [0.25, 0.3) is 5.91 Å². The summed E-state index contributed by atoms with van der Waals surface area (Å²) in [6.45, 7) is 1.94. The first-order valence-corrected chi connectivity index (χ1v) is 10.1. The number of carbonyl (C=O) groups is 1. The second-order valence-corrected chi connectivity index (χ2v) is 9.21. The molecule has 1 amide bonds. The zero-order valence-corrected chi connectivity index (χ0v) is 14.6. The second kappa shape index (κ2) is 5.61. The first-order valence-electron chi connectivity index (χ1n) is 10.1. The predicted molar refractivity (Wildman–Crippen MR) is 95.7 cm³/mol. The van der Waals surface area contributed by atoms with Crippen LogP contribution >= 0.6 is 0 Å². The third-order valence-corrected chi connectivity index (χ3v) is 7.75. The molecule has 1 aromatic carbocycles. The van der Waals surface area contributed by atoms with E-state index < -0.39 is 0 Å². The van der Waals surface area contributed by atoms with E-state index in [1.165, 1.54) is 51.4 Å². The monoisotopic (exact) mass is 323 g/mol. The van der Waals surface area contributed by atoms with E-state index >= 15 is 0 Å². The summed E-state index contributed by atoms with van der Waals surface area (Å²) in [7, 11) is 0. The summed E-state index contributed by atoms with van der Waals surface area (Å²) < 4.78 is 0. The Morgan fingerprint density at radius 2 is 1.42 bits per heavy atom. The minimum absolute atomic E-state index is 0.236. The predicted octanol–water partition coefficient (Wildman–Crippen LogP) is 4.76. The van der Waals surface area contributed by atoms with Gasteiger partial charge in [0.2, 0.25) is 0 Å². The van der Waals surface area contributed by atoms with Crippen LogP contribution in [0.25, 0.3) is 0 Å². The highest BCUT2D eigenvalue weighted by atomic mass is 16.2. The maximum Gasteiger partial charge on any atom is 0.253 e. The number of carbonyl (C=O) groups excluding carboxylic acids is 1. The summed E-state index contributed by atoms with van der Waals surface area (Å²) in [6, 6.07) is 9.82. The van der Waals surface area contributed by atoms with Crippen LogP contribution in [0.3, 0.4) is 0 Å². The third-order valence-electron chi connectivity index (χ3n) is 7.75. The molecular formula is C22H29NO. The molecule has 1 aromatic rings. The molecule has 4 bridgehead atoms. The molecule has 4 aliphatic carbocycles. The van der Waals surface area contributed by atoms with E-state index in [2.05, 4.69) is 4.90 Å². The highest BCUT2D eigenvalue weighted by Crippen LogP contribution is 2.64. The number of hydrogen-bond donors (Lipinski definition) is 0. The lowest BCUT2D eigenvalue weighted by molar-refractivity contribution is -0.0979. The molecule has 5 fully saturated rings. The van der Waals surface area contributed by atoms with Crippen LogP contribution < -0.4 is 0 Å². The minimum atomic E-state index is 0.236. The van der Waals surface area contributed by atoms with Crippen molar-refractivity contribution >= 4 is 5.91 Å². The number of likely N-dealkylation sites (tertiary alicyclic amines) is 1. The molecule has 24 heavy (non-hydrogen) atoms. The molecule has 5 aliphatic rings. The van der Waals surface area contributed by atoms with Gasteiger partial charge in [-0.15, -0.1) is 0 Å². The quantitative estimate of drug-likeness (QED) is 0.769. The van der Waals surface area contributed by atoms with Crippen molar-refractivity contribution in [3.8, 4) is 0 Å². The summed E-state index contributed by atoms with van der Waals surface area (Å²) in [5.74, 6) is 4.24. The molecule has 6 rings (SSSR count). The molecule has 0 atom stereocenters. The number of rotatable bonds is 2. The van der Waals surface area contributed by atoms with Gasteiger partial charge in [-0.3, -0.25) is 4.79 Å². The summed E-state index contributed by atoms with van der Waals surface area (Å²) in [6.07, 6.45) is 11.6. The van der Waals surface area contributed by atoms with E-state index in [4.69, 9.17) is 0 Å². The van der Waals surface area contributed by atoms with Crippen molar-refractivity contribution in [1.29, 1.82) is 0 Å². The van der Waals surface area contributed by atoms with Crippen molar-refractivity contribution in [2.24, 2.45) is 29.1 Å². The van der Waals surface area contributed by atoms with Gasteiger partial charge in [0.15, 0.2) is 0 Å². The number of piperidine rings is 1. The maximum atomic E-state index is 12.7. The molecule has 0 aromatic heterocycles. The molecule has 0 radical (unpaired) electrons. The fourth-order valence-electron chi connectivity index (χ4n) is 7.14. The zero-order chi connectivity index (χ0) is 16.1. The molecule has 2 heteroatoms. The first kappa shape index (κ1) is 15.0. The highest BCUT2D eigenvalue weighted by Gasteiger charge is 2.54.